The van der Waals surface area contributed by atoms with E-state index in [1.165, 1.54) is 0 Å². The van der Waals surface area contributed by atoms with E-state index in [1.807, 2.05) is 32.0 Å². The number of carbonyl (C=O) groups is 1. The molecule has 0 heterocycles. The summed E-state index contributed by atoms with van der Waals surface area (Å²) in [7, 11) is 0. The highest BCUT2D eigenvalue weighted by Gasteiger charge is 2.09. The van der Waals surface area contributed by atoms with Crippen molar-refractivity contribution in [1.29, 1.82) is 0 Å². The van der Waals surface area contributed by atoms with Gasteiger partial charge in [-0.2, -0.15) is 0 Å². The second kappa shape index (κ2) is 8.02. The van der Waals surface area contributed by atoms with Crippen molar-refractivity contribution in [3.05, 3.63) is 34.9 Å². The molecule has 106 valence electrons. The third-order valence-electron chi connectivity index (χ3n) is 2.64. The van der Waals surface area contributed by atoms with Gasteiger partial charge in [-0.15, -0.1) is 0 Å². The topological polar surface area (TPSA) is 61.4 Å². The van der Waals surface area contributed by atoms with Crippen LogP contribution in [0.3, 0.4) is 0 Å². The summed E-state index contributed by atoms with van der Waals surface area (Å²) < 4.78 is 0. The molecule has 3 N–H and O–H groups in total. The van der Waals surface area contributed by atoms with Crippen molar-refractivity contribution in [2.24, 2.45) is 5.92 Å². The van der Waals surface area contributed by atoms with Gasteiger partial charge >= 0.3 is 6.03 Å². The quantitative estimate of drug-likeness (QED) is 0.752. The number of nitrogens with one attached hydrogen (secondary N) is 2. The highest BCUT2D eigenvalue weighted by Crippen LogP contribution is 2.14. The summed E-state index contributed by atoms with van der Waals surface area (Å²) in [5, 5.41) is 15.6. The van der Waals surface area contributed by atoms with Crippen LogP contribution in [0, 0.1) is 5.92 Å². The van der Waals surface area contributed by atoms with E-state index >= 15 is 0 Å². The van der Waals surface area contributed by atoms with E-state index in [-0.39, 0.29) is 12.6 Å². The van der Waals surface area contributed by atoms with Crippen LogP contribution in [-0.2, 0) is 6.54 Å². The average Bonchev–Trinajstić information content (AvgIpc) is 2.34. The summed E-state index contributed by atoms with van der Waals surface area (Å²) in [5.41, 5.74) is 0.863. The van der Waals surface area contributed by atoms with Crippen molar-refractivity contribution in [2.45, 2.75) is 32.9 Å². The van der Waals surface area contributed by atoms with Crippen LogP contribution in [0.4, 0.5) is 4.79 Å². The number of amides is 2. The number of rotatable bonds is 6. The lowest BCUT2D eigenvalue weighted by molar-refractivity contribution is 0.147. The highest BCUT2D eigenvalue weighted by molar-refractivity contribution is 6.31. The minimum absolute atomic E-state index is 0.256. The van der Waals surface area contributed by atoms with Crippen LogP contribution in [0.25, 0.3) is 0 Å². The number of carbonyl (C=O) groups excluding carboxylic acids is 1. The normalized spacial score (nSPS) is 12.3. The maximum Gasteiger partial charge on any atom is 0.315 e. The molecule has 0 aliphatic carbocycles. The van der Waals surface area contributed by atoms with Gasteiger partial charge in [-0.05, 0) is 24.0 Å². The van der Waals surface area contributed by atoms with Crippen molar-refractivity contribution >= 4 is 17.6 Å². The van der Waals surface area contributed by atoms with Gasteiger partial charge < -0.3 is 15.7 Å². The molecule has 0 bridgehead atoms. The van der Waals surface area contributed by atoms with Crippen LogP contribution >= 0.6 is 11.6 Å². The van der Waals surface area contributed by atoms with E-state index in [4.69, 9.17) is 11.6 Å². The fourth-order valence-electron chi connectivity index (χ4n) is 1.72. The summed E-state index contributed by atoms with van der Waals surface area (Å²) >= 11 is 5.98. The Labute approximate surface area is 119 Å². The average molecular weight is 285 g/mol. The van der Waals surface area contributed by atoms with Gasteiger partial charge in [-0.25, -0.2) is 4.79 Å². The van der Waals surface area contributed by atoms with E-state index in [0.29, 0.717) is 23.9 Å². The first kappa shape index (κ1) is 15.8. The molecule has 0 radical (unpaired) electrons. The van der Waals surface area contributed by atoms with E-state index in [1.54, 1.807) is 6.07 Å². The van der Waals surface area contributed by atoms with Crippen molar-refractivity contribution in [3.63, 3.8) is 0 Å². The maximum absolute atomic E-state index is 11.5. The first-order valence-corrected chi connectivity index (χ1v) is 6.80. The number of aliphatic hydroxyl groups excluding tert-OH is 1. The van der Waals surface area contributed by atoms with Crippen LogP contribution in [0.1, 0.15) is 25.8 Å². The van der Waals surface area contributed by atoms with Crippen molar-refractivity contribution in [2.75, 3.05) is 6.54 Å². The number of urea groups is 1. The van der Waals surface area contributed by atoms with E-state index in [2.05, 4.69) is 10.6 Å². The maximum atomic E-state index is 11.5. The Hall–Kier alpha value is -1.26. The van der Waals surface area contributed by atoms with Crippen LogP contribution in [-0.4, -0.2) is 23.8 Å². The predicted molar refractivity (Wildman–Crippen MR) is 77.2 cm³/mol. The first-order valence-electron chi connectivity index (χ1n) is 6.42. The zero-order valence-electron chi connectivity index (χ0n) is 11.3. The Morgan fingerprint density at radius 1 is 1.32 bits per heavy atom. The van der Waals surface area contributed by atoms with Crippen molar-refractivity contribution in [3.8, 4) is 0 Å². The van der Waals surface area contributed by atoms with Gasteiger partial charge in [0, 0.05) is 18.1 Å². The van der Waals surface area contributed by atoms with Crippen LogP contribution in [0.5, 0.6) is 0 Å². The van der Waals surface area contributed by atoms with E-state index in [0.717, 1.165) is 5.56 Å². The van der Waals surface area contributed by atoms with E-state index in [9.17, 15) is 9.90 Å². The van der Waals surface area contributed by atoms with E-state index < -0.39 is 6.10 Å². The number of hydrogen-bond donors (Lipinski definition) is 3. The minimum atomic E-state index is -0.508. The Balaban J connectivity index is 2.27. The fraction of sp³-hybridized carbons (Fsp3) is 0.500. The summed E-state index contributed by atoms with van der Waals surface area (Å²) in [6.07, 6.45) is 0.163. The molecule has 1 aromatic carbocycles. The van der Waals surface area contributed by atoms with Crippen molar-refractivity contribution in [1.82, 2.24) is 10.6 Å². The molecule has 0 saturated heterocycles. The molecular formula is C14H21ClN2O2. The fourth-order valence-corrected chi connectivity index (χ4v) is 1.92. The molecule has 1 atom stereocenters. The standard InChI is InChI=1S/C14H21ClN2O2/c1-10(2)7-12(18)9-17-14(19)16-8-11-5-3-4-6-13(11)15/h3-6,10,12,18H,7-9H2,1-2H3,(H2,16,17,19). The van der Waals surface area contributed by atoms with Gasteiger partial charge in [0.2, 0.25) is 0 Å². The molecule has 19 heavy (non-hydrogen) atoms. The molecule has 0 aliphatic heterocycles. The molecule has 0 aromatic heterocycles. The largest absolute Gasteiger partial charge is 0.391 e. The molecule has 1 aromatic rings. The smallest absolute Gasteiger partial charge is 0.315 e. The molecule has 0 aliphatic rings. The first-order chi connectivity index (χ1) is 8.99. The molecule has 0 spiro atoms. The molecule has 2 amide bonds. The lowest BCUT2D eigenvalue weighted by atomic mass is 10.1. The van der Waals surface area contributed by atoms with Crippen LogP contribution < -0.4 is 10.6 Å². The van der Waals surface area contributed by atoms with Gasteiger partial charge in [0.05, 0.1) is 6.10 Å². The van der Waals surface area contributed by atoms with Crippen molar-refractivity contribution < 1.29 is 9.90 Å². The number of halogens is 1. The second-order valence-electron chi connectivity index (χ2n) is 4.94. The molecule has 1 rings (SSSR count). The Morgan fingerprint density at radius 2 is 2.00 bits per heavy atom. The third kappa shape index (κ3) is 6.45. The molecular weight excluding hydrogens is 264 g/mol. The molecule has 4 nitrogen and oxygen atoms in total. The number of aliphatic hydroxyl groups is 1. The Morgan fingerprint density at radius 3 is 2.63 bits per heavy atom. The second-order valence-corrected chi connectivity index (χ2v) is 5.35. The summed E-state index contributed by atoms with van der Waals surface area (Å²) in [6.45, 7) is 4.68. The third-order valence-corrected chi connectivity index (χ3v) is 3.01. The Kier molecular flexibility index (Phi) is 6.67. The zero-order chi connectivity index (χ0) is 14.3. The zero-order valence-corrected chi connectivity index (χ0v) is 12.1. The minimum Gasteiger partial charge on any atom is -0.391 e. The monoisotopic (exact) mass is 284 g/mol. The summed E-state index contributed by atoms with van der Waals surface area (Å²) in [4.78, 5) is 11.5. The molecule has 0 saturated carbocycles. The molecule has 1 unspecified atom stereocenters. The van der Waals surface area contributed by atoms with Gasteiger partial charge in [0.1, 0.15) is 0 Å². The molecule has 5 heteroatoms. The number of hydrogen-bond acceptors (Lipinski definition) is 2. The predicted octanol–water partition coefficient (Wildman–Crippen LogP) is 2.55. The van der Waals surface area contributed by atoms with Gasteiger partial charge in [0.15, 0.2) is 0 Å². The van der Waals surface area contributed by atoms with Crippen LogP contribution in [0.2, 0.25) is 5.02 Å². The van der Waals surface area contributed by atoms with Gasteiger partial charge in [-0.1, -0.05) is 43.6 Å². The summed E-state index contributed by atoms with van der Waals surface area (Å²) in [6, 6.07) is 7.04. The number of benzene rings is 1. The highest BCUT2D eigenvalue weighted by atomic mass is 35.5. The lowest BCUT2D eigenvalue weighted by Crippen LogP contribution is -2.39. The summed E-state index contributed by atoms with van der Waals surface area (Å²) in [5.74, 6) is 0.406. The van der Waals surface area contributed by atoms with Crippen LogP contribution in [0.15, 0.2) is 24.3 Å². The van der Waals surface area contributed by atoms with Gasteiger partial charge in [-0.3, -0.25) is 0 Å². The Bertz CT molecular complexity index is 410. The van der Waals surface area contributed by atoms with Gasteiger partial charge in [0.25, 0.3) is 0 Å². The molecule has 0 fully saturated rings. The SMILES string of the molecule is CC(C)CC(O)CNC(=O)NCc1ccccc1Cl. The lowest BCUT2D eigenvalue weighted by Gasteiger charge is -2.14.